The Morgan fingerprint density at radius 2 is 1.96 bits per heavy atom. The third-order valence-corrected chi connectivity index (χ3v) is 4.75. The van der Waals surface area contributed by atoms with E-state index in [4.69, 9.17) is 0 Å². The zero-order valence-electron chi connectivity index (χ0n) is 14.8. The van der Waals surface area contributed by atoms with Gasteiger partial charge in [0.25, 0.3) is 0 Å². The van der Waals surface area contributed by atoms with Crippen molar-refractivity contribution in [3.8, 4) is 6.07 Å². The van der Waals surface area contributed by atoms with E-state index in [0.717, 1.165) is 48.8 Å². The van der Waals surface area contributed by atoms with Gasteiger partial charge < -0.3 is 9.47 Å². The van der Waals surface area contributed by atoms with Crippen LogP contribution in [0.15, 0.2) is 12.4 Å². The second kappa shape index (κ2) is 6.60. The van der Waals surface area contributed by atoms with E-state index in [2.05, 4.69) is 44.6 Å². The summed E-state index contributed by atoms with van der Waals surface area (Å²) in [6.45, 7) is 10.0. The quantitative estimate of drug-likeness (QED) is 0.867. The molecule has 0 saturated carbocycles. The summed E-state index contributed by atoms with van der Waals surface area (Å²) in [4.78, 5) is 6.87. The zero-order chi connectivity index (χ0) is 17.3. The van der Waals surface area contributed by atoms with Gasteiger partial charge in [0, 0.05) is 30.7 Å². The molecule has 1 fully saturated rings. The zero-order valence-corrected chi connectivity index (χ0v) is 14.8. The minimum absolute atomic E-state index is 0.374. The lowest BCUT2D eigenvalue weighted by Gasteiger charge is -2.33. The molecule has 1 aliphatic heterocycles. The maximum absolute atomic E-state index is 9.48. The Hall–Kier alpha value is -2.42. The highest BCUT2D eigenvalue weighted by atomic mass is 15.3. The number of rotatable bonds is 3. The number of aryl methyl sites for hydroxylation is 2. The Kier molecular flexibility index (Phi) is 4.52. The first kappa shape index (κ1) is 16.4. The van der Waals surface area contributed by atoms with Crippen molar-refractivity contribution in [2.24, 2.45) is 0 Å². The van der Waals surface area contributed by atoms with Gasteiger partial charge in [0.05, 0.1) is 5.56 Å². The molecule has 3 rings (SSSR count). The van der Waals surface area contributed by atoms with Crippen LogP contribution in [-0.2, 0) is 0 Å². The van der Waals surface area contributed by atoms with Gasteiger partial charge in [0.2, 0.25) is 0 Å². The molecule has 6 heteroatoms. The molecule has 0 atom stereocenters. The van der Waals surface area contributed by atoms with E-state index in [9.17, 15) is 5.26 Å². The van der Waals surface area contributed by atoms with Crippen molar-refractivity contribution in [1.29, 1.82) is 5.26 Å². The third-order valence-electron chi connectivity index (χ3n) is 4.75. The van der Waals surface area contributed by atoms with Crippen molar-refractivity contribution >= 4 is 5.82 Å². The molecule has 0 bridgehead atoms. The summed E-state index contributed by atoms with van der Waals surface area (Å²) in [5.41, 5.74) is 2.66. The minimum atomic E-state index is 0.374. The molecular formula is C18H24N6. The molecule has 126 valence electrons. The first-order valence-corrected chi connectivity index (χ1v) is 8.54. The standard InChI is InChI=1S/C18H24N6/c1-12(2)24-11-20-22-17(24)15-5-7-23(8-6-15)18-16(10-19)13(3)9-14(4)21-18/h9,11-12,15H,5-8H2,1-4H3. The van der Waals surface area contributed by atoms with Crippen molar-refractivity contribution < 1.29 is 0 Å². The van der Waals surface area contributed by atoms with Crippen LogP contribution in [0.5, 0.6) is 0 Å². The van der Waals surface area contributed by atoms with Gasteiger partial charge in [-0.25, -0.2) is 4.98 Å². The first-order valence-electron chi connectivity index (χ1n) is 8.54. The molecule has 0 unspecified atom stereocenters. The van der Waals surface area contributed by atoms with E-state index in [1.54, 1.807) is 0 Å². The average molecular weight is 324 g/mol. The maximum atomic E-state index is 9.48. The fourth-order valence-corrected chi connectivity index (χ4v) is 3.48. The Labute approximate surface area is 143 Å². The first-order chi connectivity index (χ1) is 11.5. The van der Waals surface area contributed by atoms with Crippen molar-refractivity contribution in [3.63, 3.8) is 0 Å². The molecule has 0 aromatic carbocycles. The highest BCUT2D eigenvalue weighted by Crippen LogP contribution is 2.31. The van der Waals surface area contributed by atoms with Crippen LogP contribution in [0, 0.1) is 25.2 Å². The van der Waals surface area contributed by atoms with Gasteiger partial charge in [-0.1, -0.05) is 0 Å². The van der Waals surface area contributed by atoms with Crippen molar-refractivity contribution in [1.82, 2.24) is 19.7 Å². The smallest absolute Gasteiger partial charge is 0.147 e. The summed E-state index contributed by atoms with van der Waals surface area (Å²) < 4.78 is 2.16. The van der Waals surface area contributed by atoms with Gasteiger partial charge >= 0.3 is 0 Å². The average Bonchev–Trinajstić information content (AvgIpc) is 3.04. The van der Waals surface area contributed by atoms with Gasteiger partial charge in [-0.3, -0.25) is 0 Å². The lowest BCUT2D eigenvalue weighted by atomic mass is 9.95. The van der Waals surface area contributed by atoms with E-state index in [-0.39, 0.29) is 0 Å². The lowest BCUT2D eigenvalue weighted by molar-refractivity contribution is 0.447. The predicted molar refractivity (Wildman–Crippen MR) is 93.0 cm³/mol. The Morgan fingerprint density at radius 3 is 2.58 bits per heavy atom. The topological polar surface area (TPSA) is 70.6 Å². The summed E-state index contributed by atoms with van der Waals surface area (Å²) in [5, 5.41) is 17.9. The van der Waals surface area contributed by atoms with Gasteiger partial charge in [0.1, 0.15) is 24.0 Å². The van der Waals surface area contributed by atoms with E-state index in [1.807, 2.05) is 26.2 Å². The molecule has 0 radical (unpaired) electrons. The molecule has 6 nitrogen and oxygen atoms in total. The summed E-state index contributed by atoms with van der Waals surface area (Å²) >= 11 is 0. The van der Waals surface area contributed by atoms with Crippen LogP contribution in [0.2, 0.25) is 0 Å². The Balaban J connectivity index is 1.79. The third kappa shape index (κ3) is 2.99. The van der Waals surface area contributed by atoms with Crippen LogP contribution in [0.3, 0.4) is 0 Å². The molecule has 0 spiro atoms. The molecule has 0 aliphatic carbocycles. The second-order valence-corrected chi connectivity index (χ2v) is 6.84. The minimum Gasteiger partial charge on any atom is -0.355 e. The summed E-state index contributed by atoms with van der Waals surface area (Å²) in [5.74, 6) is 2.33. The molecule has 0 amide bonds. The summed E-state index contributed by atoms with van der Waals surface area (Å²) in [6.07, 6.45) is 3.83. The van der Waals surface area contributed by atoms with E-state index in [1.165, 1.54) is 0 Å². The number of piperidine rings is 1. The highest BCUT2D eigenvalue weighted by Gasteiger charge is 2.27. The molecule has 0 N–H and O–H groups in total. The van der Waals surface area contributed by atoms with Crippen LogP contribution in [-0.4, -0.2) is 32.8 Å². The predicted octanol–water partition coefficient (Wildman–Crippen LogP) is 3.13. The number of hydrogen-bond acceptors (Lipinski definition) is 5. The van der Waals surface area contributed by atoms with Crippen molar-refractivity contribution in [2.45, 2.75) is 52.5 Å². The summed E-state index contributed by atoms with van der Waals surface area (Å²) in [6, 6.07) is 4.67. The maximum Gasteiger partial charge on any atom is 0.147 e. The van der Waals surface area contributed by atoms with Crippen molar-refractivity contribution in [2.75, 3.05) is 18.0 Å². The fourth-order valence-electron chi connectivity index (χ4n) is 3.48. The number of hydrogen-bond donors (Lipinski definition) is 0. The van der Waals surface area contributed by atoms with Gasteiger partial charge in [-0.2, -0.15) is 5.26 Å². The van der Waals surface area contributed by atoms with Crippen LogP contribution < -0.4 is 4.90 Å². The molecule has 2 aromatic rings. The molecular weight excluding hydrogens is 300 g/mol. The number of pyridine rings is 1. The Morgan fingerprint density at radius 1 is 1.25 bits per heavy atom. The van der Waals surface area contributed by atoms with Gasteiger partial charge in [0.15, 0.2) is 0 Å². The molecule has 1 aliphatic rings. The van der Waals surface area contributed by atoms with Crippen LogP contribution in [0.4, 0.5) is 5.82 Å². The van der Waals surface area contributed by atoms with Crippen LogP contribution in [0.25, 0.3) is 0 Å². The fraction of sp³-hybridized carbons (Fsp3) is 0.556. The monoisotopic (exact) mass is 324 g/mol. The SMILES string of the molecule is Cc1cc(C)c(C#N)c(N2CCC(c3nncn3C(C)C)CC2)n1. The molecule has 3 heterocycles. The van der Waals surface area contributed by atoms with Gasteiger partial charge in [-0.05, 0) is 52.2 Å². The largest absolute Gasteiger partial charge is 0.355 e. The molecule has 2 aromatic heterocycles. The number of aromatic nitrogens is 4. The lowest BCUT2D eigenvalue weighted by Crippen LogP contribution is -2.35. The van der Waals surface area contributed by atoms with Crippen LogP contribution >= 0.6 is 0 Å². The van der Waals surface area contributed by atoms with Gasteiger partial charge in [-0.15, -0.1) is 10.2 Å². The van der Waals surface area contributed by atoms with Crippen molar-refractivity contribution in [3.05, 3.63) is 35.0 Å². The van der Waals surface area contributed by atoms with E-state index in [0.29, 0.717) is 17.5 Å². The second-order valence-electron chi connectivity index (χ2n) is 6.84. The normalized spacial score (nSPS) is 15.8. The Bertz CT molecular complexity index is 762. The number of anilines is 1. The van der Waals surface area contributed by atoms with E-state index >= 15 is 0 Å². The number of nitrogens with zero attached hydrogens (tertiary/aromatic N) is 6. The summed E-state index contributed by atoms with van der Waals surface area (Å²) in [7, 11) is 0. The highest BCUT2D eigenvalue weighted by molar-refractivity contribution is 5.58. The van der Waals surface area contributed by atoms with Crippen LogP contribution in [0.1, 0.15) is 61.3 Å². The molecule has 24 heavy (non-hydrogen) atoms. The van der Waals surface area contributed by atoms with E-state index < -0.39 is 0 Å². The number of nitriles is 1. The molecule has 1 saturated heterocycles.